The summed E-state index contributed by atoms with van der Waals surface area (Å²) in [6.45, 7) is 0.0980. The van der Waals surface area contributed by atoms with Crippen LogP contribution < -0.4 is 4.74 Å². The van der Waals surface area contributed by atoms with E-state index in [4.69, 9.17) is 32.7 Å². The summed E-state index contributed by atoms with van der Waals surface area (Å²) >= 11 is 13.5. The second kappa shape index (κ2) is 8.37. The molecule has 0 saturated heterocycles. The van der Waals surface area contributed by atoms with Gasteiger partial charge in [0, 0.05) is 13.6 Å². The molecule has 0 unspecified atom stereocenters. The smallest absolute Gasteiger partial charge is 0.338 e. The summed E-state index contributed by atoms with van der Waals surface area (Å²) in [5.41, 5.74) is 1.18. The van der Waals surface area contributed by atoms with Gasteiger partial charge >= 0.3 is 5.97 Å². The molecule has 1 heterocycles. The Labute approximate surface area is 153 Å². The van der Waals surface area contributed by atoms with Crippen LogP contribution in [0.5, 0.6) is 5.75 Å². The highest BCUT2D eigenvalue weighted by molar-refractivity contribution is 7.07. The number of rotatable bonds is 6. The number of amides is 1. The summed E-state index contributed by atoms with van der Waals surface area (Å²) in [5.74, 6) is -0.708. The third-order valence-electron chi connectivity index (χ3n) is 3.19. The van der Waals surface area contributed by atoms with Gasteiger partial charge in [0.05, 0.1) is 22.7 Å². The maximum absolute atomic E-state index is 12.0. The lowest BCUT2D eigenvalue weighted by Crippen LogP contribution is -2.30. The van der Waals surface area contributed by atoms with E-state index in [1.165, 1.54) is 24.1 Å². The maximum atomic E-state index is 12.0. The Morgan fingerprint density at radius 2 is 1.92 bits per heavy atom. The SMILES string of the molecule is COc1c(Cl)cc(C(=O)OCC(=O)N(C)Cc2ccsc2)cc1Cl. The van der Waals surface area contributed by atoms with E-state index < -0.39 is 5.97 Å². The van der Waals surface area contributed by atoms with Gasteiger partial charge in [0.2, 0.25) is 0 Å². The highest BCUT2D eigenvalue weighted by Gasteiger charge is 2.17. The summed E-state index contributed by atoms with van der Waals surface area (Å²) in [5, 5.41) is 4.28. The van der Waals surface area contributed by atoms with Crippen LogP contribution in [0, 0.1) is 0 Å². The fourth-order valence-electron chi connectivity index (χ4n) is 1.94. The van der Waals surface area contributed by atoms with Crippen LogP contribution in [0.15, 0.2) is 29.0 Å². The lowest BCUT2D eigenvalue weighted by Gasteiger charge is -2.16. The molecule has 0 fully saturated rings. The predicted octanol–water partition coefficient (Wildman–Crippen LogP) is 3.88. The van der Waals surface area contributed by atoms with Gasteiger partial charge in [-0.05, 0) is 34.5 Å². The molecule has 0 N–H and O–H groups in total. The topological polar surface area (TPSA) is 55.8 Å². The number of nitrogens with zero attached hydrogens (tertiary/aromatic N) is 1. The van der Waals surface area contributed by atoms with Crippen LogP contribution in [0.2, 0.25) is 10.0 Å². The van der Waals surface area contributed by atoms with E-state index in [0.29, 0.717) is 6.54 Å². The average Bonchev–Trinajstić information content (AvgIpc) is 3.04. The third-order valence-corrected chi connectivity index (χ3v) is 4.48. The summed E-state index contributed by atoms with van der Waals surface area (Å²) in [6, 6.07) is 4.70. The van der Waals surface area contributed by atoms with Crippen molar-refractivity contribution in [1.82, 2.24) is 4.90 Å². The molecule has 0 bridgehead atoms. The minimum Gasteiger partial charge on any atom is -0.494 e. The number of carbonyl (C=O) groups is 2. The zero-order chi connectivity index (χ0) is 17.7. The second-order valence-corrected chi connectivity index (χ2v) is 6.53. The molecular formula is C16H15Cl2NO4S. The van der Waals surface area contributed by atoms with E-state index in [9.17, 15) is 9.59 Å². The Hall–Kier alpha value is -1.76. The van der Waals surface area contributed by atoms with E-state index in [0.717, 1.165) is 5.56 Å². The molecule has 2 rings (SSSR count). The molecule has 8 heteroatoms. The summed E-state index contributed by atoms with van der Waals surface area (Å²) in [7, 11) is 3.07. The van der Waals surface area contributed by atoms with Crippen molar-refractivity contribution in [3.63, 3.8) is 0 Å². The largest absolute Gasteiger partial charge is 0.494 e. The van der Waals surface area contributed by atoms with Gasteiger partial charge in [-0.2, -0.15) is 11.3 Å². The molecule has 0 aliphatic carbocycles. The molecule has 128 valence electrons. The number of thiophene rings is 1. The van der Waals surface area contributed by atoms with E-state index in [-0.39, 0.29) is 33.9 Å². The first-order valence-electron chi connectivity index (χ1n) is 6.87. The van der Waals surface area contributed by atoms with Crippen molar-refractivity contribution in [3.8, 4) is 5.75 Å². The molecule has 0 spiro atoms. The minimum atomic E-state index is -0.682. The molecule has 2 aromatic rings. The molecule has 0 aliphatic rings. The number of methoxy groups -OCH3 is 1. The number of ether oxygens (including phenoxy) is 2. The van der Waals surface area contributed by atoms with Crippen molar-refractivity contribution in [1.29, 1.82) is 0 Å². The number of carbonyl (C=O) groups excluding carboxylic acids is 2. The van der Waals surface area contributed by atoms with Crippen molar-refractivity contribution < 1.29 is 19.1 Å². The molecule has 0 radical (unpaired) electrons. The van der Waals surface area contributed by atoms with E-state index in [1.54, 1.807) is 18.4 Å². The fraction of sp³-hybridized carbons (Fsp3) is 0.250. The van der Waals surface area contributed by atoms with Crippen LogP contribution in [-0.4, -0.2) is 37.5 Å². The van der Waals surface area contributed by atoms with Gasteiger partial charge in [0.15, 0.2) is 12.4 Å². The van der Waals surface area contributed by atoms with E-state index in [2.05, 4.69) is 0 Å². The van der Waals surface area contributed by atoms with Crippen molar-refractivity contribution in [2.45, 2.75) is 6.54 Å². The molecule has 5 nitrogen and oxygen atoms in total. The zero-order valence-corrected chi connectivity index (χ0v) is 15.4. The highest BCUT2D eigenvalue weighted by atomic mass is 35.5. The normalized spacial score (nSPS) is 10.3. The van der Waals surface area contributed by atoms with Crippen LogP contribution in [0.1, 0.15) is 15.9 Å². The fourth-order valence-corrected chi connectivity index (χ4v) is 3.24. The molecule has 0 saturated carbocycles. The first-order chi connectivity index (χ1) is 11.4. The van der Waals surface area contributed by atoms with Gasteiger partial charge < -0.3 is 14.4 Å². The van der Waals surface area contributed by atoms with Crippen LogP contribution in [-0.2, 0) is 16.1 Å². The van der Waals surface area contributed by atoms with Crippen LogP contribution >= 0.6 is 34.5 Å². The van der Waals surface area contributed by atoms with Gasteiger partial charge in [0.1, 0.15) is 0 Å². The Morgan fingerprint density at radius 1 is 1.25 bits per heavy atom. The number of benzene rings is 1. The number of esters is 1. The van der Waals surface area contributed by atoms with Gasteiger partial charge in [-0.25, -0.2) is 4.79 Å². The second-order valence-electron chi connectivity index (χ2n) is 4.93. The molecule has 1 amide bonds. The number of likely N-dealkylation sites (N-methyl/N-ethyl adjacent to an activating group) is 1. The van der Waals surface area contributed by atoms with Crippen LogP contribution in [0.25, 0.3) is 0 Å². The summed E-state index contributed by atoms with van der Waals surface area (Å²) in [4.78, 5) is 25.6. The predicted molar refractivity (Wildman–Crippen MR) is 94.1 cm³/mol. The molecular weight excluding hydrogens is 373 g/mol. The lowest BCUT2D eigenvalue weighted by molar-refractivity contribution is -0.133. The van der Waals surface area contributed by atoms with Crippen LogP contribution in [0.4, 0.5) is 0 Å². The molecule has 0 aliphatic heterocycles. The Morgan fingerprint density at radius 3 is 2.46 bits per heavy atom. The maximum Gasteiger partial charge on any atom is 0.338 e. The minimum absolute atomic E-state index is 0.152. The van der Waals surface area contributed by atoms with Gasteiger partial charge in [-0.3, -0.25) is 4.79 Å². The summed E-state index contributed by atoms with van der Waals surface area (Å²) in [6.07, 6.45) is 0. The Balaban J connectivity index is 1.94. The standard InChI is InChI=1S/C16H15Cl2NO4S/c1-19(7-10-3-4-24-9-10)14(20)8-23-16(21)11-5-12(17)15(22-2)13(18)6-11/h3-6,9H,7-8H2,1-2H3. The zero-order valence-electron chi connectivity index (χ0n) is 13.0. The first-order valence-corrected chi connectivity index (χ1v) is 8.57. The quantitative estimate of drug-likeness (QED) is 0.705. The molecule has 1 aromatic carbocycles. The van der Waals surface area contributed by atoms with Gasteiger partial charge in [-0.15, -0.1) is 0 Å². The van der Waals surface area contributed by atoms with Crippen molar-refractivity contribution in [2.75, 3.05) is 20.8 Å². The molecule has 24 heavy (non-hydrogen) atoms. The summed E-state index contributed by atoms with van der Waals surface area (Å²) < 4.78 is 10.0. The number of hydrogen-bond acceptors (Lipinski definition) is 5. The average molecular weight is 388 g/mol. The van der Waals surface area contributed by atoms with Crippen molar-refractivity contribution in [3.05, 3.63) is 50.1 Å². The van der Waals surface area contributed by atoms with Crippen LogP contribution in [0.3, 0.4) is 0 Å². The highest BCUT2D eigenvalue weighted by Crippen LogP contribution is 2.33. The van der Waals surface area contributed by atoms with E-state index in [1.807, 2.05) is 16.8 Å². The van der Waals surface area contributed by atoms with Crippen molar-refractivity contribution in [2.24, 2.45) is 0 Å². The van der Waals surface area contributed by atoms with Gasteiger partial charge in [-0.1, -0.05) is 23.2 Å². The monoisotopic (exact) mass is 387 g/mol. The Kier molecular flexibility index (Phi) is 6.48. The molecule has 0 atom stereocenters. The number of hydrogen-bond donors (Lipinski definition) is 0. The van der Waals surface area contributed by atoms with E-state index >= 15 is 0 Å². The number of halogens is 2. The first kappa shape index (κ1) is 18.6. The van der Waals surface area contributed by atoms with Crippen molar-refractivity contribution >= 4 is 46.4 Å². The Bertz CT molecular complexity index is 711. The van der Waals surface area contributed by atoms with Gasteiger partial charge in [0.25, 0.3) is 5.91 Å². The lowest BCUT2D eigenvalue weighted by atomic mass is 10.2. The molecule has 1 aromatic heterocycles. The third kappa shape index (κ3) is 4.63.